The molecule has 0 bridgehead atoms. The quantitative estimate of drug-likeness (QED) is 0.758. The molecule has 0 unspecified atom stereocenters. The zero-order valence-corrected chi connectivity index (χ0v) is 9.32. The van der Waals surface area contributed by atoms with Gasteiger partial charge in [-0.05, 0) is 54.1 Å². The molecule has 1 aromatic heterocycles. The monoisotopic (exact) mass is 240 g/mol. The Balaban J connectivity index is 2.60. The van der Waals surface area contributed by atoms with Crippen molar-refractivity contribution in [3.63, 3.8) is 0 Å². The van der Waals surface area contributed by atoms with Crippen LogP contribution in [0.1, 0.15) is 29.8 Å². The fourth-order valence-electron chi connectivity index (χ4n) is 1.88. The molecule has 2 rings (SSSR count). The van der Waals surface area contributed by atoms with Crippen LogP contribution >= 0.6 is 15.9 Å². The van der Waals surface area contributed by atoms with Gasteiger partial charge in [-0.25, -0.2) is 0 Å². The van der Waals surface area contributed by atoms with E-state index in [1.165, 1.54) is 24.1 Å². The number of hydrogen-bond acceptors (Lipinski definition) is 2. The van der Waals surface area contributed by atoms with Crippen molar-refractivity contribution in [2.24, 2.45) is 0 Å². The van der Waals surface area contributed by atoms with Crippen LogP contribution in [0.25, 0.3) is 0 Å². The first-order valence-electron chi connectivity index (χ1n) is 4.63. The smallest absolute Gasteiger partial charge is 0.0620 e. The molecular weight excluding hydrogens is 228 g/mol. The molecule has 0 atom stereocenters. The van der Waals surface area contributed by atoms with Gasteiger partial charge in [0.15, 0.2) is 0 Å². The van der Waals surface area contributed by atoms with E-state index in [0.717, 1.165) is 28.7 Å². The van der Waals surface area contributed by atoms with Gasteiger partial charge in [0.1, 0.15) is 0 Å². The van der Waals surface area contributed by atoms with Crippen LogP contribution in [0.2, 0.25) is 0 Å². The number of nitrogens with zero attached hydrogens (tertiary/aromatic N) is 1. The van der Waals surface area contributed by atoms with Gasteiger partial charge < -0.3 is 5.73 Å². The van der Waals surface area contributed by atoms with Crippen molar-refractivity contribution in [1.82, 2.24) is 4.98 Å². The minimum absolute atomic E-state index is 0.905. The van der Waals surface area contributed by atoms with Crippen molar-refractivity contribution in [1.29, 1.82) is 0 Å². The molecule has 0 aromatic carbocycles. The lowest BCUT2D eigenvalue weighted by atomic mass is 9.94. The van der Waals surface area contributed by atoms with E-state index >= 15 is 0 Å². The molecule has 0 fully saturated rings. The summed E-state index contributed by atoms with van der Waals surface area (Å²) in [4.78, 5) is 4.55. The number of halogens is 1. The summed E-state index contributed by atoms with van der Waals surface area (Å²) in [5, 5.41) is 0. The highest BCUT2D eigenvalue weighted by Gasteiger charge is 2.16. The Labute approximate surface area is 86.7 Å². The Kier molecular flexibility index (Phi) is 2.28. The molecule has 1 aliphatic carbocycles. The molecule has 0 radical (unpaired) electrons. The third kappa shape index (κ3) is 1.46. The zero-order valence-electron chi connectivity index (χ0n) is 7.73. The van der Waals surface area contributed by atoms with Gasteiger partial charge >= 0.3 is 0 Å². The van der Waals surface area contributed by atoms with Crippen LogP contribution in [0.3, 0.4) is 0 Å². The molecular formula is C10H13BrN2. The summed E-state index contributed by atoms with van der Waals surface area (Å²) in [6.45, 7) is 2.00. The summed E-state index contributed by atoms with van der Waals surface area (Å²) < 4.78 is 0.980. The highest BCUT2D eigenvalue weighted by molar-refractivity contribution is 9.10. The van der Waals surface area contributed by atoms with Gasteiger partial charge in [-0.1, -0.05) is 0 Å². The number of aromatic nitrogens is 1. The van der Waals surface area contributed by atoms with Gasteiger partial charge in [-0.15, -0.1) is 0 Å². The van der Waals surface area contributed by atoms with Gasteiger partial charge in [0.05, 0.1) is 15.9 Å². The molecule has 2 N–H and O–H groups in total. The van der Waals surface area contributed by atoms with Gasteiger partial charge in [-0.2, -0.15) is 0 Å². The maximum atomic E-state index is 6.02. The minimum atomic E-state index is 0.905. The average molecular weight is 241 g/mol. The molecule has 3 heteroatoms. The molecule has 0 spiro atoms. The molecule has 0 saturated carbocycles. The summed E-state index contributed by atoms with van der Waals surface area (Å²) in [5.74, 6) is 0. The highest BCUT2D eigenvalue weighted by Crippen LogP contribution is 2.32. The number of aryl methyl sites for hydroxylation is 2. The minimum Gasteiger partial charge on any atom is -0.397 e. The predicted octanol–water partition coefficient (Wildman–Crippen LogP) is 2.61. The normalized spacial score (nSPS) is 15.5. The van der Waals surface area contributed by atoms with Crippen molar-refractivity contribution < 1.29 is 0 Å². The second-order valence-electron chi connectivity index (χ2n) is 3.56. The summed E-state index contributed by atoms with van der Waals surface area (Å²) in [6.07, 6.45) is 4.68. The number of hydrogen-bond donors (Lipinski definition) is 1. The van der Waals surface area contributed by atoms with Crippen LogP contribution in [0.15, 0.2) is 4.47 Å². The fraction of sp³-hybridized carbons (Fsp3) is 0.500. The highest BCUT2D eigenvalue weighted by atomic mass is 79.9. The summed E-state index contributed by atoms with van der Waals surface area (Å²) in [6, 6.07) is 0. The lowest BCUT2D eigenvalue weighted by Crippen LogP contribution is -2.10. The summed E-state index contributed by atoms with van der Waals surface area (Å²) in [7, 11) is 0. The Morgan fingerprint density at radius 1 is 1.31 bits per heavy atom. The molecule has 1 aromatic rings. The first kappa shape index (κ1) is 9.00. The standard InChI is InChI=1S/C10H13BrN2/c1-6-9(11)10(12)7-4-2-3-5-8(7)13-6/h2-5H2,1H3,(H2,12,13). The van der Waals surface area contributed by atoms with Crippen molar-refractivity contribution >= 4 is 21.6 Å². The topological polar surface area (TPSA) is 38.9 Å². The van der Waals surface area contributed by atoms with Crippen molar-refractivity contribution in [2.75, 3.05) is 5.73 Å². The lowest BCUT2D eigenvalue weighted by Gasteiger charge is -2.18. The number of nitrogens with two attached hydrogens (primary N) is 1. The second-order valence-corrected chi connectivity index (χ2v) is 4.35. The molecule has 0 aliphatic heterocycles. The number of anilines is 1. The Bertz CT molecular complexity index is 347. The number of nitrogen functional groups attached to an aromatic ring is 1. The van der Waals surface area contributed by atoms with E-state index in [2.05, 4.69) is 20.9 Å². The van der Waals surface area contributed by atoms with E-state index in [9.17, 15) is 0 Å². The number of fused-ring (bicyclic) bond motifs is 1. The summed E-state index contributed by atoms with van der Waals surface area (Å²) in [5.41, 5.74) is 10.4. The van der Waals surface area contributed by atoms with E-state index in [-0.39, 0.29) is 0 Å². The maximum absolute atomic E-state index is 6.02. The van der Waals surface area contributed by atoms with Crippen LogP contribution in [0, 0.1) is 6.92 Å². The van der Waals surface area contributed by atoms with Gasteiger partial charge in [-0.3, -0.25) is 4.98 Å². The van der Waals surface area contributed by atoms with Gasteiger partial charge in [0, 0.05) is 5.69 Å². The predicted molar refractivity (Wildman–Crippen MR) is 57.7 cm³/mol. The number of pyridine rings is 1. The molecule has 1 aliphatic rings. The zero-order chi connectivity index (χ0) is 9.42. The van der Waals surface area contributed by atoms with Crippen molar-refractivity contribution in [3.05, 3.63) is 21.4 Å². The third-order valence-corrected chi connectivity index (χ3v) is 3.62. The van der Waals surface area contributed by atoms with Gasteiger partial charge in [0.2, 0.25) is 0 Å². The third-order valence-electron chi connectivity index (χ3n) is 2.62. The van der Waals surface area contributed by atoms with E-state index in [1.807, 2.05) is 6.92 Å². The van der Waals surface area contributed by atoms with Crippen LogP contribution in [0.5, 0.6) is 0 Å². The fourth-order valence-corrected chi connectivity index (χ4v) is 2.21. The molecule has 13 heavy (non-hydrogen) atoms. The molecule has 0 saturated heterocycles. The van der Waals surface area contributed by atoms with Crippen LogP contribution in [-0.2, 0) is 12.8 Å². The second kappa shape index (κ2) is 3.29. The molecule has 0 amide bonds. The number of rotatable bonds is 0. The van der Waals surface area contributed by atoms with Crippen molar-refractivity contribution in [3.8, 4) is 0 Å². The van der Waals surface area contributed by atoms with E-state index in [4.69, 9.17) is 5.73 Å². The Morgan fingerprint density at radius 3 is 2.77 bits per heavy atom. The van der Waals surface area contributed by atoms with Gasteiger partial charge in [0.25, 0.3) is 0 Å². The van der Waals surface area contributed by atoms with E-state index in [0.29, 0.717) is 0 Å². The Morgan fingerprint density at radius 2 is 2.00 bits per heavy atom. The first-order chi connectivity index (χ1) is 6.20. The molecule has 70 valence electrons. The maximum Gasteiger partial charge on any atom is 0.0620 e. The summed E-state index contributed by atoms with van der Waals surface area (Å²) >= 11 is 3.47. The lowest BCUT2D eigenvalue weighted by molar-refractivity contribution is 0.666. The van der Waals surface area contributed by atoms with Crippen LogP contribution < -0.4 is 5.73 Å². The molecule has 1 heterocycles. The van der Waals surface area contributed by atoms with Crippen LogP contribution in [0.4, 0.5) is 5.69 Å². The molecule has 2 nitrogen and oxygen atoms in total. The van der Waals surface area contributed by atoms with E-state index in [1.54, 1.807) is 0 Å². The van der Waals surface area contributed by atoms with E-state index < -0.39 is 0 Å². The van der Waals surface area contributed by atoms with Crippen molar-refractivity contribution in [2.45, 2.75) is 32.6 Å². The van der Waals surface area contributed by atoms with Crippen LogP contribution in [-0.4, -0.2) is 4.98 Å². The Hall–Kier alpha value is -0.570. The first-order valence-corrected chi connectivity index (χ1v) is 5.42. The average Bonchev–Trinajstić information content (AvgIpc) is 2.15. The largest absolute Gasteiger partial charge is 0.397 e. The SMILES string of the molecule is Cc1nc2c(c(N)c1Br)CCCC2.